The minimum absolute atomic E-state index is 0.586. The van der Waals surface area contributed by atoms with E-state index in [9.17, 15) is 4.39 Å². The number of allylic oxidation sites excluding steroid dienone is 2. The van der Waals surface area contributed by atoms with Crippen molar-refractivity contribution in [2.24, 2.45) is 4.99 Å². The lowest BCUT2D eigenvalue weighted by Crippen LogP contribution is -1.65. The molecule has 2 heteroatoms. The van der Waals surface area contributed by atoms with Crippen molar-refractivity contribution in [1.29, 1.82) is 0 Å². The van der Waals surface area contributed by atoms with Crippen molar-refractivity contribution < 1.29 is 4.39 Å². The molecule has 58 valence electrons. The van der Waals surface area contributed by atoms with Crippen LogP contribution in [0.25, 0.3) is 0 Å². The minimum atomic E-state index is -0.586. The summed E-state index contributed by atoms with van der Waals surface area (Å²) in [7, 11) is 0. The highest BCUT2D eigenvalue weighted by Gasteiger charge is 1.83. The first kappa shape index (κ1) is 11.8. The summed E-state index contributed by atoms with van der Waals surface area (Å²) in [4.78, 5) is 3.01. The summed E-state index contributed by atoms with van der Waals surface area (Å²) in [6.45, 7) is 12.1. The van der Waals surface area contributed by atoms with Crippen molar-refractivity contribution in [1.82, 2.24) is 0 Å². The Kier molecular flexibility index (Phi) is 9.56. The topological polar surface area (TPSA) is 12.4 Å². The SMILES string of the molecule is C=N/C(F)=C\C(=C)C.CC. The van der Waals surface area contributed by atoms with E-state index in [1.54, 1.807) is 6.92 Å². The first-order chi connectivity index (χ1) is 4.66. The van der Waals surface area contributed by atoms with E-state index in [1.807, 2.05) is 13.8 Å². The molecule has 0 aliphatic carbocycles. The van der Waals surface area contributed by atoms with Gasteiger partial charge in [0.05, 0.1) is 0 Å². The molecule has 0 aliphatic rings. The second-order valence-electron chi connectivity index (χ2n) is 1.47. The van der Waals surface area contributed by atoms with Gasteiger partial charge in [0.25, 0.3) is 0 Å². The van der Waals surface area contributed by atoms with Crippen LogP contribution in [0.1, 0.15) is 20.8 Å². The molecule has 1 nitrogen and oxygen atoms in total. The summed E-state index contributed by atoms with van der Waals surface area (Å²) in [6, 6.07) is 0. The maximum atomic E-state index is 12.0. The molecule has 0 saturated carbocycles. The predicted molar refractivity (Wildman–Crippen MR) is 44.9 cm³/mol. The quantitative estimate of drug-likeness (QED) is 0.320. The van der Waals surface area contributed by atoms with E-state index in [2.05, 4.69) is 18.3 Å². The van der Waals surface area contributed by atoms with Crippen molar-refractivity contribution in [3.8, 4) is 0 Å². The average molecular weight is 143 g/mol. The molecule has 10 heavy (non-hydrogen) atoms. The van der Waals surface area contributed by atoms with E-state index in [4.69, 9.17) is 0 Å². The van der Waals surface area contributed by atoms with Crippen molar-refractivity contribution in [3.63, 3.8) is 0 Å². The van der Waals surface area contributed by atoms with Gasteiger partial charge in [-0.05, 0) is 19.7 Å². The van der Waals surface area contributed by atoms with E-state index < -0.39 is 5.95 Å². The molecule has 0 amide bonds. The Balaban J connectivity index is 0. The largest absolute Gasteiger partial charge is 0.236 e. The first-order valence-electron chi connectivity index (χ1n) is 3.16. The predicted octanol–water partition coefficient (Wildman–Crippen LogP) is 3.10. The molecule has 0 fully saturated rings. The molecule has 0 N–H and O–H groups in total. The van der Waals surface area contributed by atoms with Crippen molar-refractivity contribution in [2.75, 3.05) is 0 Å². The molecule has 0 heterocycles. The van der Waals surface area contributed by atoms with E-state index in [0.717, 1.165) is 0 Å². The van der Waals surface area contributed by atoms with Gasteiger partial charge in [-0.2, -0.15) is 4.39 Å². The Morgan fingerprint density at radius 2 is 1.90 bits per heavy atom. The number of nitrogens with zero attached hydrogens (tertiary/aromatic N) is 1. The van der Waals surface area contributed by atoms with E-state index >= 15 is 0 Å². The fraction of sp³-hybridized carbons (Fsp3) is 0.375. The van der Waals surface area contributed by atoms with E-state index in [-0.39, 0.29) is 0 Å². The molecular formula is C8H14FN. The highest BCUT2D eigenvalue weighted by molar-refractivity contribution is 5.29. The lowest BCUT2D eigenvalue weighted by atomic mass is 10.3. The van der Waals surface area contributed by atoms with Gasteiger partial charge in [0.2, 0.25) is 5.95 Å². The van der Waals surface area contributed by atoms with Gasteiger partial charge < -0.3 is 0 Å². The van der Waals surface area contributed by atoms with Crippen LogP contribution < -0.4 is 0 Å². The van der Waals surface area contributed by atoms with Gasteiger partial charge >= 0.3 is 0 Å². The third kappa shape index (κ3) is 10.1. The third-order valence-corrected chi connectivity index (χ3v) is 0.517. The monoisotopic (exact) mass is 143 g/mol. The molecule has 0 aliphatic heterocycles. The molecule has 0 aromatic carbocycles. The second-order valence-corrected chi connectivity index (χ2v) is 1.47. The Morgan fingerprint density at radius 3 is 2.00 bits per heavy atom. The zero-order chi connectivity index (χ0) is 8.57. The molecular weight excluding hydrogens is 129 g/mol. The van der Waals surface area contributed by atoms with Crippen LogP contribution in [0.2, 0.25) is 0 Å². The molecule has 0 radical (unpaired) electrons. The molecule has 0 spiro atoms. The number of aliphatic imine (C=N–C) groups is 1. The number of halogens is 1. The fourth-order valence-electron chi connectivity index (χ4n) is 0.249. The number of hydrogen-bond donors (Lipinski definition) is 0. The maximum Gasteiger partial charge on any atom is 0.212 e. The van der Waals surface area contributed by atoms with Gasteiger partial charge in [-0.1, -0.05) is 26.0 Å². The van der Waals surface area contributed by atoms with E-state index in [0.29, 0.717) is 5.57 Å². The molecule has 0 rings (SSSR count). The summed E-state index contributed by atoms with van der Waals surface area (Å²) in [6.07, 6.45) is 1.22. The highest BCUT2D eigenvalue weighted by atomic mass is 19.1. The van der Waals surface area contributed by atoms with Crippen LogP contribution >= 0.6 is 0 Å². The van der Waals surface area contributed by atoms with Crippen LogP contribution in [0.3, 0.4) is 0 Å². The van der Waals surface area contributed by atoms with Crippen LogP contribution in [-0.4, -0.2) is 6.72 Å². The Morgan fingerprint density at radius 1 is 1.50 bits per heavy atom. The van der Waals surface area contributed by atoms with Crippen molar-refractivity contribution in [2.45, 2.75) is 20.8 Å². The van der Waals surface area contributed by atoms with Gasteiger partial charge in [-0.15, -0.1) is 0 Å². The summed E-state index contributed by atoms with van der Waals surface area (Å²) < 4.78 is 12.0. The van der Waals surface area contributed by atoms with Crippen molar-refractivity contribution >= 4 is 6.72 Å². The second kappa shape index (κ2) is 8.08. The standard InChI is InChI=1S/C6H8FN.C2H6/c1-5(2)4-6(7)8-3;1-2/h4H,1,3H2,2H3;1-2H3/b6-4-;. The van der Waals surface area contributed by atoms with Crippen LogP contribution in [-0.2, 0) is 0 Å². The van der Waals surface area contributed by atoms with Crippen LogP contribution in [0.5, 0.6) is 0 Å². The minimum Gasteiger partial charge on any atom is -0.236 e. The Labute approximate surface area is 62.0 Å². The summed E-state index contributed by atoms with van der Waals surface area (Å²) in [5, 5.41) is 0. The molecule has 0 atom stereocenters. The lowest BCUT2D eigenvalue weighted by Gasteiger charge is -1.83. The molecule has 0 aromatic rings. The molecule has 0 bridgehead atoms. The third-order valence-electron chi connectivity index (χ3n) is 0.517. The van der Waals surface area contributed by atoms with Crippen LogP contribution in [0, 0.1) is 0 Å². The molecule has 0 unspecified atom stereocenters. The Hall–Kier alpha value is -0.920. The summed E-state index contributed by atoms with van der Waals surface area (Å²) >= 11 is 0. The normalized spacial score (nSPS) is 9.40. The van der Waals surface area contributed by atoms with Crippen LogP contribution in [0.15, 0.2) is 29.2 Å². The van der Waals surface area contributed by atoms with Gasteiger partial charge in [-0.3, -0.25) is 0 Å². The Bertz CT molecular complexity index is 136. The molecule has 0 aromatic heterocycles. The van der Waals surface area contributed by atoms with E-state index in [1.165, 1.54) is 6.08 Å². The maximum absolute atomic E-state index is 12.0. The summed E-state index contributed by atoms with van der Waals surface area (Å²) in [5.74, 6) is -0.586. The van der Waals surface area contributed by atoms with Crippen molar-refractivity contribution in [3.05, 3.63) is 24.2 Å². The number of rotatable bonds is 2. The summed E-state index contributed by atoms with van der Waals surface area (Å²) in [5.41, 5.74) is 0.634. The zero-order valence-corrected chi connectivity index (χ0v) is 6.82. The zero-order valence-electron chi connectivity index (χ0n) is 6.82. The number of hydrogen-bond acceptors (Lipinski definition) is 1. The molecule has 0 saturated heterocycles. The average Bonchev–Trinajstić information content (AvgIpc) is 1.91. The van der Waals surface area contributed by atoms with Gasteiger partial charge in [0.1, 0.15) is 0 Å². The van der Waals surface area contributed by atoms with Gasteiger partial charge in [0, 0.05) is 0 Å². The van der Waals surface area contributed by atoms with Crippen LogP contribution in [0.4, 0.5) is 4.39 Å². The smallest absolute Gasteiger partial charge is 0.212 e. The van der Waals surface area contributed by atoms with Gasteiger partial charge in [0.15, 0.2) is 0 Å². The van der Waals surface area contributed by atoms with Gasteiger partial charge in [-0.25, -0.2) is 4.99 Å². The first-order valence-corrected chi connectivity index (χ1v) is 3.16. The highest BCUT2D eigenvalue weighted by Crippen LogP contribution is 2.00. The lowest BCUT2D eigenvalue weighted by molar-refractivity contribution is 0.629. The fourth-order valence-corrected chi connectivity index (χ4v) is 0.249.